The summed E-state index contributed by atoms with van der Waals surface area (Å²) in [6, 6.07) is 10.3. The summed E-state index contributed by atoms with van der Waals surface area (Å²) in [5.41, 5.74) is 7.03. The SMILES string of the molecule is [2H]C[Si](C)(OC[C@H]1OC(N)(O)[C@H](O)[C@@H](OC(=O)CCCCCCCCc2ccccc2)[C@@H]1OS(=O)(=O)O)C(C)(C)C. The van der Waals surface area contributed by atoms with Crippen molar-refractivity contribution >= 4 is 24.7 Å². The number of aryl methyl sites for hydroxylation is 1. The Labute approximate surface area is 240 Å². The molecule has 1 saturated heterocycles. The van der Waals surface area contributed by atoms with Crippen molar-refractivity contribution in [2.75, 3.05) is 6.61 Å². The largest absolute Gasteiger partial charge is 0.456 e. The first kappa shape index (κ1) is 33.1. The number of carbonyl (C=O) groups excluding carboxylic acids is 1. The molecular formula is C27H47NO10SSi. The van der Waals surface area contributed by atoms with Gasteiger partial charge < -0.3 is 24.1 Å². The fourth-order valence-corrected chi connectivity index (χ4v) is 5.65. The number of esters is 1. The molecular weight excluding hydrogens is 558 g/mol. The van der Waals surface area contributed by atoms with Crippen molar-refractivity contribution in [1.29, 1.82) is 0 Å². The number of hydrogen-bond acceptors (Lipinski definition) is 10. The highest BCUT2D eigenvalue weighted by atomic mass is 32.3. The zero-order chi connectivity index (χ0) is 30.9. The average Bonchev–Trinajstić information content (AvgIpc) is 2.88. The number of nitrogens with two attached hydrogens (primary N) is 1. The fraction of sp³-hybridized carbons (Fsp3) is 0.741. The van der Waals surface area contributed by atoms with Crippen LogP contribution in [0.4, 0.5) is 0 Å². The first-order valence-corrected chi connectivity index (χ1v) is 17.7. The molecule has 1 heterocycles. The van der Waals surface area contributed by atoms with Crippen LogP contribution < -0.4 is 5.73 Å². The van der Waals surface area contributed by atoms with Gasteiger partial charge in [0, 0.05) is 7.79 Å². The molecule has 13 heteroatoms. The number of ether oxygens (including phenoxy) is 2. The Morgan fingerprint density at radius 1 is 1.12 bits per heavy atom. The molecule has 1 aliphatic heterocycles. The number of rotatable bonds is 15. The summed E-state index contributed by atoms with van der Waals surface area (Å²) >= 11 is 0. The van der Waals surface area contributed by atoms with E-state index in [4.69, 9.17) is 25.2 Å². The van der Waals surface area contributed by atoms with Gasteiger partial charge in [0.2, 0.25) is 0 Å². The van der Waals surface area contributed by atoms with Crippen LogP contribution in [0, 0.1) is 0 Å². The Morgan fingerprint density at radius 3 is 2.30 bits per heavy atom. The lowest BCUT2D eigenvalue weighted by molar-refractivity contribution is -0.344. The highest BCUT2D eigenvalue weighted by Gasteiger charge is 2.56. The molecule has 5 N–H and O–H groups in total. The van der Waals surface area contributed by atoms with E-state index in [1.807, 2.05) is 45.5 Å². The van der Waals surface area contributed by atoms with Gasteiger partial charge in [-0.2, -0.15) is 8.42 Å². The molecule has 0 aromatic heterocycles. The summed E-state index contributed by atoms with van der Waals surface area (Å²) in [5.74, 6) is -3.50. The van der Waals surface area contributed by atoms with Gasteiger partial charge >= 0.3 is 16.4 Å². The molecule has 1 aromatic rings. The molecule has 1 aliphatic rings. The van der Waals surface area contributed by atoms with Crippen LogP contribution in [0.1, 0.15) is 72.7 Å². The van der Waals surface area contributed by atoms with Crippen molar-refractivity contribution in [2.24, 2.45) is 5.73 Å². The smallest absolute Gasteiger partial charge is 0.397 e. The molecule has 0 spiro atoms. The van der Waals surface area contributed by atoms with Crippen molar-refractivity contribution in [3.8, 4) is 0 Å². The maximum absolute atomic E-state index is 12.7. The quantitative estimate of drug-likeness (QED) is 0.0756. The normalized spacial score (nSPS) is 27.6. The van der Waals surface area contributed by atoms with Crippen molar-refractivity contribution in [1.82, 2.24) is 0 Å². The zero-order valence-electron chi connectivity index (χ0n) is 25.0. The highest BCUT2D eigenvalue weighted by Crippen LogP contribution is 2.38. The molecule has 0 saturated carbocycles. The zero-order valence-corrected chi connectivity index (χ0v) is 25.8. The molecule has 0 radical (unpaired) electrons. The fourth-order valence-electron chi connectivity index (χ4n) is 4.17. The molecule has 0 bridgehead atoms. The first-order valence-electron chi connectivity index (χ1n) is 14.4. The lowest BCUT2D eigenvalue weighted by atomic mass is 9.96. The lowest BCUT2D eigenvalue weighted by Crippen LogP contribution is -2.70. The summed E-state index contributed by atoms with van der Waals surface area (Å²) in [5, 5.41) is 20.7. The van der Waals surface area contributed by atoms with Gasteiger partial charge in [-0.25, -0.2) is 4.18 Å². The number of carbonyl (C=O) groups is 1. The van der Waals surface area contributed by atoms with Crippen LogP contribution in [0.15, 0.2) is 30.3 Å². The topological polar surface area (TPSA) is 175 Å². The minimum atomic E-state index is -5.11. The van der Waals surface area contributed by atoms with Crippen LogP contribution >= 0.6 is 0 Å². The van der Waals surface area contributed by atoms with Crippen molar-refractivity contribution < 1.29 is 47.4 Å². The average molecular weight is 607 g/mol. The molecule has 6 atom stereocenters. The van der Waals surface area contributed by atoms with Crippen LogP contribution in [0.5, 0.6) is 0 Å². The summed E-state index contributed by atoms with van der Waals surface area (Å²) < 4.78 is 62.2. The number of unbranched alkanes of at least 4 members (excludes halogenated alkanes) is 5. The van der Waals surface area contributed by atoms with Crippen LogP contribution in [-0.2, 0) is 39.7 Å². The number of benzene rings is 1. The molecule has 1 aromatic carbocycles. The van der Waals surface area contributed by atoms with Crippen LogP contribution in [0.2, 0.25) is 18.1 Å². The maximum Gasteiger partial charge on any atom is 0.397 e. The molecule has 1 fully saturated rings. The molecule has 0 aliphatic carbocycles. The predicted molar refractivity (Wildman–Crippen MR) is 152 cm³/mol. The molecule has 11 nitrogen and oxygen atoms in total. The third kappa shape index (κ3) is 11.1. The van der Waals surface area contributed by atoms with Gasteiger partial charge in [-0.1, -0.05) is 76.8 Å². The van der Waals surface area contributed by atoms with E-state index >= 15 is 0 Å². The minimum Gasteiger partial charge on any atom is -0.456 e. The summed E-state index contributed by atoms with van der Waals surface area (Å²) in [6.07, 6.45) is -0.787. The monoisotopic (exact) mass is 606 g/mol. The summed E-state index contributed by atoms with van der Waals surface area (Å²) in [4.78, 5) is 12.7. The second kappa shape index (κ2) is 14.7. The second-order valence-corrected chi connectivity index (χ2v) is 17.0. The Balaban J connectivity index is 1.96. The van der Waals surface area contributed by atoms with E-state index in [2.05, 4.69) is 12.1 Å². The van der Waals surface area contributed by atoms with Crippen molar-refractivity contribution in [3.05, 3.63) is 35.9 Å². The molecule has 40 heavy (non-hydrogen) atoms. The van der Waals surface area contributed by atoms with Gasteiger partial charge in [0.15, 0.2) is 20.5 Å². The van der Waals surface area contributed by atoms with Crippen LogP contribution in [-0.4, -0.2) is 74.4 Å². The minimum absolute atomic E-state index is 0.0231. The van der Waals surface area contributed by atoms with E-state index in [1.54, 1.807) is 0 Å². The van der Waals surface area contributed by atoms with Gasteiger partial charge in [0.1, 0.15) is 12.2 Å². The number of aliphatic hydroxyl groups is 2. The standard InChI is InChI=1S/C27H47NO10SSi/c1-26(2,3)40(4,5)35-19-21-23(38-39(32,33)34)24(25(30)27(28,31)37-21)36-22(29)18-14-9-7-6-8-11-15-20-16-12-10-13-17-20/h10,12-13,16-17,21,23-25,30-31H,6-9,11,14-15,18-19,28H2,1-5H3,(H,32,33,34)/t21-,23-,24+,25-,27?/m1/s1/i4D/t21-,23-,24+,25-,27?,40?. The summed E-state index contributed by atoms with van der Waals surface area (Å²) in [7, 11) is -7.85. The van der Waals surface area contributed by atoms with Crippen molar-refractivity contribution in [2.45, 2.75) is 121 Å². The van der Waals surface area contributed by atoms with E-state index in [0.29, 0.717) is 6.42 Å². The Bertz CT molecular complexity index is 1060. The second-order valence-electron chi connectivity index (χ2n) is 11.7. The predicted octanol–water partition coefficient (Wildman–Crippen LogP) is 3.45. The Hall–Kier alpha value is -1.42. The van der Waals surface area contributed by atoms with E-state index in [1.165, 1.54) is 5.56 Å². The first-order chi connectivity index (χ1) is 19.0. The van der Waals surface area contributed by atoms with Gasteiger partial charge in [-0.05, 0) is 42.9 Å². The molecule has 0 amide bonds. The van der Waals surface area contributed by atoms with E-state index in [0.717, 1.165) is 38.5 Å². The maximum atomic E-state index is 12.7. The Morgan fingerprint density at radius 2 is 1.73 bits per heavy atom. The van der Waals surface area contributed by atoms with Crippen molar-refractivity contribution in [3.63, 3.8) is 0 Å². The van der Waals surface area contributed by atoms with Gasteiger partial charge in [-0.3, -0.25) is 15.1 Å². The van der Waals surface area contributed by atoms with Gasteiger partial charge in [-0.15, -0.1) is 0 Å². The van der Waals surface area contributed by atoms with E-state index in [9.17, 15) is 28.0 Å². The molecule has 230 valence electrons. The van der Waals surface area contributed by atoms with Gasteiger partial charge in [0.05, 0.1) is 6.61 Å². The van der Waals surface area contributed by atoms with Gasteiger partial charge in [0.25, 0.3) is 5.91 Å². The Kier molecular flexibility index (Phi) is 12.1. The third-order valence-electron chi connectivity index (χ3n) is 7.36. The van der Waals surface area contributed by atoms with Crippen LogP contribution in [0.3, 0.4) is 0 Å². The number of aliphatic hydroxyl groups excluding tert-OH is 1. The highest BCUT2D eigenvalue weighted by molar-refractivity contribution is 7.80. The summed E-state index contributed by atoms with van der Waals surface area (Å²) in [6.45, 7) is 7.09. The molecule has 2 unspecified atom stereocenters. The van der Waals surface area contributed by atoms with E-state index in [-0.39, 0.29) is 12.9 Å². The number of hydrogen-bond donors (Lipinski definition) is 4. The lowest BCUT2D eigenvalue weighted by Gasteiger charge is -2.46. The third-order valence-corrected chi connectivity index (χ3v) is 11.8. The van der Waals surface area contributed by atoms with E-state index < -0.39 is 66.7 Å². The van der Waals surface area contributed by atoms with Crippen LogP contribution in [0.25, 0.3) is 0 Å². The molecule has 2 rings (SSSR count).